The molecule has 0 unspecified atom stereocenters. The molecule has 160 valence electrons. The number of methoxy groups -OCH3 is 1. The molecule has 0 atom stereocenters. The molecule has 0 aliphatic heterocycles. The van der Waals surface area contributed by atoms with E-state index >= 15 is 0 Å². The van der Waals surface area contributed by atoms with Crippen LogP contribution in [0, 0.1) is 11.6 Å². The molecule has 0 spiro atoms. The number of carbonyl (C=O) groups is 2. The summed E-state index contributed by atoms with van der Waals surface area (Å²) in [7, 11) is 1.49. The van der Waals surface area contributed by atoms with E-state index < -0.39 is 29.1 Å². The maximum Gasteiger partial charge on any atom is 0.338 e. The normalized spacial score (nSPS) is 10.6. The van der Waals surface area contributed by atoms with Crippen LogP contribution >= 0.6 is 11.6 Å². The predicted molar refractivity (Wildman–Crippen MR) is 107 cm³/mol. The summed E-state index contributed by atoms with van der Waals surface area (Å²) in [5.41, 5.74) is 0.164. The van der Waals surface area contributed by atoms with Gasteiger partial charge < -0.3 is 14.8 Å². The van der Waals surface area contributed by atoms with Crippen LogP contribution in [0.15, 0.2) is 43.0 Å². The Hall–Kier alpha value is -3.50. The maximum atomic E-state index is 13.7. The second-order valence-corrected chi connectivity index (χ2v) is 6.45. The van der Waals surface area contributed by atoms with Crippen molar-refractivity contribution in [2.45, 2.75) is 0 Å². The topological polar surface area (TPSA) is 103 Å². The van der Waals surface area contributed by atoms with E-state index in [9.17, 15) is 18.4 Å². The number of esters is 1. The Bertz CT molecular complexity index is 1090. The van der Waals surface area contributed by atoms with Crippen molar-refractivity contribution >= 4 is 29.3 Å². The molecule has 8 nitrogen and oxygen atoms in total. The summed E-state index contributed by atoms with van der Waals surface area (Å²) in [6.07, 6.45) is 3.92. The Balaban J connectivity index is 1.77. The Morgan fingerprint density at radius 3 is 2.45 bits per heavy atom. The fourth-order valence-corrected chi connectivity index (χ4v) is 2.70. The standard InChI is InChI=1S/C20H15ClF2N4O4/c1-30-4-5-31-20(29)11-2-3-13(21)12(6-11)16-9-26-17(10-25-16)27-19(28)18-14(22)7-24-8-15(18)23/h2-3,6-10H,4-5H2,1H3,(H,26,27,28). The quantitative estimate of drug-likeness (QED) is 0.435. The van der Waals surface area contributed by atoms with Gasteiger partial charge >= 0.3 is 5.97 Å². The van der Waals surface area contributed by atoms with Crippen molar-refractivity contribution in [3.05, 3.63) is 70.8 Å². The molecule has 3 aromatic rings. The highest BCUT2D eigenvalue weighted by Gasteiger charge is 2.19. The highest BCUT2D eigenvalue weighted by molar-refractivity contribution is 6.33. The van der Waals surface area contributed by atoms with Crippen molar-refractivity contribution in [2.24, 2.45) is 0 Å². The number of nitrogens with one attached hydrogen (secondary N) is 1. The van der Waals surface area contributed by atoms with Crippen molar-refractivity contribution in [3.63, 3.8) is 0 Å². The summed E-state index contributed by atoms with van der Waals surface area (Å²) >= 11 is 6.20. The number of anilines is 1. The number of benzene rings is 1. The van der Waals surface area contributed by atoms with Crippen LogP contribution in [0.5, 0.6) is 0 Å². The van der Waals surface area contributed by atoms with Crippen LogP contribution < -0.4 is 5.32 Å². The minimum atomic E-state index is -1.11. The van der Waals surface area contributed by atoms with Crippen molar-refractivity contribution < 1.29 is 27.8 Å². The third-order valence-electron chi connectivity index (χ3n) is 3.97. The number of halogens is 3. The second-order valence-electron chi connectivity index (χ2n) is 6.04. The predicted octanol–water partition coefficient (Wildman–Crippen LogP) is 3.53. The first-order valence-corrected chi connectivity index (χ1v) is 9.17. The number of rotatable bonds is 7. The second kappa shape index (κ2) is 10.0. The Morgan fingerprint density at radius 2 is 1.81 bits per heavy atom. The lowest BCUT2D eigenvalue weighted by Gasteiger charge is -2.09. The first-order chi connectivity index (χ1) is 14.9. The van der Waals surface area contributed by atoms with Crippen LogP contribution in [0.1, 0.15) is 20.7 Å². The zero-order chi connectivity index (χ0) is 22.4. The highest BCUT2D eigenvalue weighted by atomic mass is 35.5. The minimum Gasteiger partial charge on any atom is -0.460 e. The van der Waals surface area contributed by atoms with Gasteiger partial charge in [0, 0.05) is 12.7 Å². The molecule has 2 heterocycles. The molecule has 0 aliphatic carbocycles. The smallest absolute Gasteiger partial charge is 0.338 e. The van der Waals surface area contributed by atoms with E-state index in [4.69, 9.17) is 21.1 Å². The summed E-state index contributed by atoms with van der Waals surface area (Å²) in [5, 5.41) is 2.56. The maximum absolute atomic E-state index is 13.7. The minimum absolute atomic E-state index is 0.0457. The first-order valence-electron chi connectivity index (χ1n) is 8.79. The van der Waals surface area contributed by atoms with Gasteiger partial charge in [-0.2, -0.15) is 0 Å². The number of amides is 1. The number of hydrogen-bond donors (Lipinski definition) is 1. The van der Waals surface area contributed by atoms with Gasteiger partial charge in [0.25, 0.3) is 5.91 Å². The van der Waals surface area contributed by atoms with E-state index in [0.717, 1.165) is 12.4 Å². The van der Waals surface area contributed by atoms with Crippen molar-refractivity contribution in [1.82, 2.24) is 15.0 Å². The van der Waals surface area contributed by atoms with Crippen LogP contribution in [-0.4, -0.2) is 47.2 Å². The Labute approximate surface area is 180 Å². The zero-order valence-electron chi connectivity index (χ0n) is 16.1. The average Bonchev–Trinajstić information content (AvgIpc) is 2.75. The van der Waals surface area contributed by atoms with E-state index in [0.29, 0.717) is 16.3 Å². The van der Waals surface area contributed by atoms with Gasteiger partial charge in [-0.25, -0.2) is 18.6 Å². The number of nitrogens with zero attached hydrogens (tertiary/aromatic N) is 3. The zero-order valence-corrected chi connectivity index (χ0v) is 16.8. The number of carbonyl (C=O) groups excluding carboxylic acids is 2. The molecular weight excluding hydrogens is 434 g/mol. The summed E-state index contributed by atoms with van der Waals surface area (Å²) < 4.78 is 37.2. The molecule has 2 aromatic heterocycles. The molecule has 1 amide bonds. The lowest BCUT2D eigenvalue weighted by Crippen LogP contribution is -2.17. The number of pyridine rings is 1. The average molecular weight is 449 g/mol. The molecule has 0 fully saturated rings. The summed E-state index contributed by atoms with van der Waals surface area (Å²) in [6.45, 7) is 0.359. The lowest BCUT2D eigenvalue weighted by atomic mass is 10.1. The summed E-state index contributed by atoms with van der Waals surface area (Å²) in [6, 6.07) is 4.50. The molecule has 0 radical (unpaired) electrons. The van der Waals surface area contributed by atoms with Gasteiger partial charge in [0.15, 0.2) is 17.5 Å². The van der Waals surface area contributed by atoms with Gasteiger partial charge in [-0.3, -0.25) is 14.8 Å². The van der Waals surface area contributed by atoms with E-state index in [1.165, 1.54) is 37.7 Å². The molecule has 0 aliphatic rings. The summed E-state index contributed by atoms with van der Waals surface area (Å²) in [5.74, 6) is -3.87. The molecular formula is C20H15ClF2N4O4. The number of ether oxygens (including phenoxy) is 2. The van der Waals surface area contributed by atoms with Crippen LogP contribution in [0.2, 0.25) is 5.02 Å². The Morgan fingerprint density at radius 1 is 1.06 bits per heavy atom. The first kappa shape index (κ1) is 22.2. The van der Waals surface area contributed by atoms with Crippen LogP contribution in [0.3, 0.4) is 0 Å². The fourth-order valence-electron chi connectivity index (χ4n) is 2.49. The fraction of sp³-hybridized carbons (Fsp3) is 0.150. The van der Waals surface area contributed by atoms with Gasteiger partial charge in [0.2, 0.25) is 0 Å². The van der Waals surface area contributed by atoms with Crippen molar-refractivity contribution in [1.29, 1.82) is 0 Å². The van der Waals surface area contributed by atoms with Gasteiger partial charge in [0.1, 0.15) is 12.2 Å². The molecule has 1 aromatic carbocycles. The third kappa shape index (κ3) is 5.36. The van der Waals surface area contributed by atoms with Gasteiger partial charge in [-0.15, -0.1) is 0 Å². The number of aromatic nitrogens is 3. The molecule has 3 rings (SSSR count). The molecule has 0 saturated carbocycles. The Kier molecular flexibility index (Phi) is 7.16. The SMILES string of the molecule is COCCOC(=O)c1ccc(Cl)c(-c2cnc(NC(=O)c3c(F)cncc3F)cn2)c1. The van der Waals surface area contributed by atoms with E-state index in [2.05, 4.69) is 20.3 Å². The van der Waals surface area contributed by atoms with E-state index in [-0.39, 0.29) is 24.6 Å². The summed E-state index contributed by atoms with van der Waals surface area (Å²) in [4.78, 5) is 35.7. The largest absolute Gasteiger partial charge is 0.460 e. The monoisotopic (exact) mass is 448 g/mol. The van der Waals surface area contributed by atoms with Gasteiger partial charge in [0.05, 0.1) is 47.7 Å². The van der Waals surface area contributed by atoms with Gasteiger partial charge in [-0.05, 0) is 18.2 Å². The highest BCUT2D eigenvalue weighted by Crippen LogP contribution is 2.28. The van der Waals surface area contributed by atoms with Crippen LogP contribution in [0.4, 0.5) is 14.6 Å². The molecule has 0 bridgehead atoms. The molecule has 0 saturated heterocycles. The lowest BCUT2D eigenvalue weighted by molar-refractivity contribution is 0.0388. The molecule has 31 heavy (non-hydrogen) atoms. The molecule has 1 N–H and O–H groups in total. The van der Waals surface area contributed by atoms with E-state index in [1.807, 2.05) is 0 Å². The van der Waals surface area contributed by atoms with Crippen molar-refractivity contribution in [3.8, 4) is 11.3 Å². The van der Waals surface area contributed by atoms with Crippen molar-refractivity contribution in [2.75, 3.05) is 25.6 Å². The number of hydrogen-bond acceptors (Lipinski definition) is 7. The van der Waals surface area contributed by atoms with Crippen LogP contribution in [-0.2, 0) is 9.47 Å². The van der Waals surface area contributed by atoms with Gasteiger partial charge in [-0.1, -0.05) is 11.6 Å². The van der Waals surface area contributed by atoms with Crippen LogP contribution in [0.25, 0.3) is 11.3 Å². The van der Waals surface area contributed by atoms with E-state index in [1.54, 1.807) is 0 Å². The molecule has 11 heteroatoms. The third-order valence-corrected chi connectivity index (χ3v) is 4.30.